The van der Waals surface area contributed by atoms with E-state index < -0.39 is 11.9 Å². The van der Waals surface area contributed by atoms with Crippen molar-refractivity contribution >= 4 is 29.2 Å². The van der Waals surface area contributed by atoms with Crippen molar-refractivity contribution in [1.29, 1.82) is 0 Å². The van der Waals surface area contributed by atoms with Gasteiger partial charge in [-0.3, -0.25) is 4.79 Å². The highest BCUT2D eigenvalue weighted by Gasteiger charge is 2.24. The Bertz CT molecular complexity index is 587. The highest BCUT2D eigenvalue weighted by molar-refractivity contribution is 6.31. The molecule has 0 saturated heterocycles. The van der Waals surface area contributed by atoms with Crippen LogP contribution >= 0.6 is 23.2 Å². The Kier molecular flexibility index (Phi) is 4.35. The Morgan fingerprint density at radius 2 is 1.84 bits per heavy atom. The fourth-order valence-electron chi connectivity index (χ4n) is 1.68. The third-order valence-electron chi connectivity index (χ3n) is 2.63. The van der Waals surface area contributed by atoms with Crippen molar-refractivity contribution in [3.8, 4) is 0 Å². The first kappa shape index (κ1) is 13.8. The average molecular weight is 297 g/mol. The normalized spacial score (nSPS) is 12.1. The summed E-state index contributed by atoms with van der Waals surface area (Å²) in [7, 11) is 0. The SMILES string of the molecule is O=C(O)C(Cc1ccccc1Cl)c1ncc(Cl)cn1. The lowest BCUT2D eigenvalue weighted by Crippen LogP contribution is -2.17. The molecule has 1 unspecified atom stereocenters. The second-order valence-corrected chi connectivity index (χ2v) is 4.79. The molecule has 2 rings (SSSR count). The number of carboxylic acid groups (broad SMARTS) is 1. The monoisotopic (exact) mass is 296 g/mol. The van der Waals surface area contributed by atoms with Gasteiger partial charge in [-0.05, 0) is 18.1 Å². The Labute approximate surface area is 120 Å². The predicted octanol–water partition coefficient (Wildman–Crippen LogP) is 3.19. The van der Waals surface area contributed by atoms with Crippen LogP contribution in [0.1, 0.15) is 17.3 Å². The van der Waals surface area contributed by atoms with Gasteiger partial charge >= 0.3 is 5.97 Å². The summed E-state index contributed by atoms with van der Waals surface area (Å²) in [6, 6.07) is 7.11. The maximum absolute atomic E-state index is 11.3. The molecular formula is C13H10Cl2N2O2. The van der Waals surface area contributed by atoms with Gasteiger partial charge in [0.25, 0.3) is 0 Å². The predicted molar refractivity (Wildman–Crippen MR) is 72.6 cm³/mol. The molecule has 1 heterocycles. The van der Waals surface area contributed by atoms with Crippen molar-refractivity contribution in [2.75, 3.05) is 0 Å². The first-order valence-corrected chi connectivity index (χ1v) is 6.27. The van der Waals surface area contributed by atoms with Crippen LogP contribution in [0.3, 0.4) is 0 Å². The van der Waals surface area contributed by atoms with E-state index in [0.717, 1.165) is 5.56 Å². The third-order valence-corrected chi connectivity index (χ3v) is 3.20. The Morgan fingerprint density at radius 3 is 2.42 bits per heavy atom. The van der Waals surface area contributed by atoms with E-state index in [1.54, 1.807) is 18.2 Å². The number of aromatic nitrogens is 2. The van der Waals surface area contributed by atoms with Crippen molar-refractivity contribution in [1.82, 2.24) is 9.97 Å². The van der Waals surface area contributed by atoms with Crippen molar-refractivity contribution < 1.29 is 9.90 Å². The molecule has 1 aromatic carbocycles. The number of carbonyl (C=O) groups is 1. The molecule has 4 nitrogen and oxygen atoms in total. The summed E-state index contributed by atoms with van der Waals surface area (Å²) in [4.78, 5) is 19.3. The molecule has 0 aliphatic rings. The van der Waals surface area contributed by atoms with Crippen LogP contribution in [-0.4, -0.2) is 21.0 Å². The number of benzene rings is 1. The number of hydrogen-bond acceptors (Lipinski definition) is 3. The highest BCUT2D eigenvalue weighted by Crippen LogP contribution is 2.23. The Balaban J connectivity index is 2.29. The second-order valence-electron chi connectivity index (χ2n) is 3.95. The summed E-state index contributed by atoms with van der Waals surface area (Å²) >= 11 is 11.7. The van der Waals surface area contributed by atoms with Crippen LogP contribution in [0.25, 0.3) is 0 Å². The van der Waals surface area contributed by atoms with Gasteiger partial charge in [-0.1, -0.05) is 41.4 Å². The van der Waals surface area contributed by atoms with E-state index in [1.807, 2.05) is 6.07 Å². The minimum absolute atomic E-state index is 0.219. The molecule has 0 amide bonds. The van der Waals surface area contributed by atoms with Gasteiger partial charge in [-0.15, -0.1) is 0 Å². The number of hydrogen-bond donors (Lipinski definition) is 1. The lowest BCUT2D eigenvalue weighted by molar-refractivity contribution is -0.139. The highest BCUT2D eigenvalue weighted by atomic mass is 35.5. The smallest absolute Gasteiger partial charge is 0.314 e. The second kappa shape index (κ2) is 5.99. The molecule has 1 aromatic heterocycles. The van der Waals surface area contributed by atoms with Gasteiger partial charge in [0.2, 0.25) is 0 Å². The molecule has 19 heavy (non-hydrogen) atoms. The summed E-state index contributed by atoms with van der Waals surface area (Å²) in [6.07, 6.45) is 3.00. The van der Waals surface area contributed by atoms with Crippen molar-refractivity contribution in [3.63, 3.8) is 0 Å². The van der Waals surface area contributed by atoms with E-state index in [0.29, 0.717) is 10.0 Å². The molecule has 2 aromatic rings. The molecular weight excluding hydrogens is 287 g/mol. The molecule has 0 spiro atoms. The zero-order chi connectivity index (χ0) is 13.8. The number of nitrogens with zero attached hydrogens (tertiary/aromatic N) is 2. The molecule has 98 valence electrons. The molecule has 1 atom stereocenters. The average Bonchev–Trinajstić information content (AvgIpc) is 2.39. The standard InChI is InChI=1S/C13H10Cl2N2O2/c14-9-6-16-12(17-7-9)10(13(18)19)5-8-3-1-2-4-11(8)15/h1-4,6-7,10H,5H2,(H,18,19). The fourth-order valence-corrected chi connectivity index (χ4v) is 1.99. The molecule has 6 heteroatoms. The summed E-state index contributed by atoms with van der Waals surface area (Å²) in [5, 5.41) is 10.2. The molecule has 0 aliphatic heterocycles. The van der Waals surface area contributed by atoms with Gasteiger partial charge in [-0.25, -0.2) is 9.97 Å². The fraction of sp³-hybridized carbons (Fsp3) is 0.154. The van der Waals surface area contributed by atoms with Crippen molar-refractivity contribution in [2.24, 2.45) is 0 Å². The van der Waals surface area contributed by atoms with Crippen LogP contribution in [0.2, 0.25) is 10.0 Å². The van der Waals surface area contributed by atoms with Gasteiger partial charge in [0.15, 0.2) is 0 Å². The van der Waals surface area contributed by atoms with Crippen LogP contribution in [0.5, 0.6) is 0 Å². The van der Waals surface area contributed by atoms with Gasteiger partial charge in [0.1, 0.15) is 11.7 Å². The van der Waals surface area contributed by atoms with Gasteiger partial charge in [-0.2, -0.15) is 0 Å². The largest absolute Gasteiger partial charge is 0.481 e. The maximum atomic E-state index is 11.3. The topological polar surface area (TPSA) is 63.1 Å². The molecule has 0 fully saturated rings. The quantitative estimate of drug-likeness (QED) is 0.941. The number of rotatable bonds is 4. The van der Waals surface area contributed by atoms with E-state index in [1.165, 1.54) is 12.4 Å². The molecule has 1 N–H and O–H groups in total. The molecule has 0 aliphatic carbocycles. The molecule has 0 bridgehead atoms. The van der Waals surface area contributed by atoms with E-state index in [-0.39, 0.29) is 12.2 Å². The van der Waals surface area contributed by atoms with Crippen molar-refractivity contribution in [3.05, 3.63) is 58.1 Å². The Hall–Kier alpha value is -1.65. The zero-order valence-electron chi connectivity index (χ0n) is 9.75. The first-order chi connectivity index (χ1) is 9.08. The van der Waals surface area contributed by atoms with Crippen LogP contribution in [0, 0.1) is 0 Å². The number of aliphatic carboxylic acids is 1. The summed E-state index contributed by atoms with van der Waals surface area (Å²) < 4.78 is 0. The van der Waals surface area contributed by atoms with E-state index in [4.69, 9.17) is 23.2 Å². The van der Waals surface area contributed by atoms with Crippen LogP contribution in [0.15, 0.2) is 36.7 Å². The summed E-state index contributed by atoms with van der Waals surface area (Å²) in [5.41, 5.74) is 0.745. The van der Waals surface area contributed by atoms with E-state index >= 15 is 0 Å². The minimum atomic E-state index is -0.998. The van der Waals surface area contributed by atoms with Crippen molar-refractivity contribution in [2.45, 2.75) is 12.3 Å². The lowest BCUT2D eigenvalue weighted by atomic mass is 9.98. The van der Waals surface area contributed by atoms with Gasteiger partial charge in [0, 0.05) is 17.4 Å². The maximum Gasteiger partial charge on any atom is 0.314 e. The summed E-state index contributed by atoms with van der Waals surface area (Å²) in [6.45, 7) is 0. The van der Waals surface area contributed by atoms with Crippen LogP contribution in [0.4, 0.5) is 0 Å². The number of halogens is 2. The van der Waals surface area contributed by atoms with Crippen LogP contribution in [-0.2, 0) is 11.2 Å². The lowest BCUT2D eigenvalue weighted by Gasteiger charge is -2.11. The first-order valence-electron chi connectivity index (χ1n) is 5.51. The van der Waals surface area contributed by atoms with Gasteiger partial charge in [0.05, 0.1) is 5.02 Å². The molecule has 0 saturated carbocycles. The van der Waals surface area contributed by atoms with Gasteiger partial charge < -0.3 is 5.11 Å². The summed E-state index contributed by atoms with van der Waals surface area (Å²) in [5.74, 6) is -1.63. The van der Waals surface area contributed by atoms with Crippen LogP contribution < -0.4 is 0 Å². The van der Waals surface area contributed by atoms with E-state index in [2.05, 4.69) is 9.97 Å². The number of carboxylic acids is 1. The third kappa shape index (κ3) is 3.43. The van der Waals surface area contributed by atoms with E-state index in [9.17, 15) is 9.90 Å². The zero-order valence-corrected chi connectivity index (χ0v) is 11.3. The molecule has 0 radical (unpaired) electrons. The Morgan fingerprint density at radius 1 is 1.21 bits per heavy atom. The minimum Gasteiger partial charge on any atom is -0.481 e.